The molecule has 1 N–H and O–H groups in total. The highest BCUT2D eigenvalue weighted by Gasteiger charge is 2.23. The number of carbonyl (C=O) groups excluding carboxylic acids is 3. The highest BCUT2D eigenvalue weighted by molar-refractivity contribution is 7.14. The molecule has 1 heterocycles. The Bertz CT molecular complexity index is 871. The second-order valence-electron chi connectivity index (χ2n) is 6.84. The zero-order chi connectivity index (χ0) is 19.4. The Morgan fingerprint density at radius 1 is 1.26 bits per heavy atom. The maximum absolute atomic E-state index is 12.3. The van der Waals surface area contributed by atoms with Gasteiger partial charge in [-0.2, -0.15) is 0 Å². The molecule has 0 saturated heterocycles. The molecule has 1 aliphatic rings. The number of carbonyl (C=O) groups is 3. The molecule has 0 saturated carbocycles. The molecule has 1 aliphatic carbocycles. The minimum atomic E-state index is -0.463. The number of ether oxygens (including phenoxy) is 1. The number of benzene rings is 1. The molecule has 5 nitrogen and oxygen atoms in total. The predicted molar refractivity (Wildman–Crippen MR) is 105 cm³/mol. The Kier molecular flexibility index (Phi) is 6.06. The van der Waals surface area contributed by atoms with Gasteiger partial charge in [0.25, 0.3) is 5.91 Å². The first-order chi connectivity index (χ1) is 13.0. The van der Waals surface area contributed by atoms with Crippen molar-refractivity contribution in [3.05, 3.63) is 51.2 Å². The minimum Gasteiger partial charge on any atom is -0.451 e. The summed E-state index contributed by atoms with van der Waals surface area (Å²) >= 11 is 1.47. The van der Waals surface area contributed by atoms with Gasteiger partial charge in [0.15, 0.2) is 12.4 Å². The lowest BCUT2D eigenvalue weighted by Crippen LogP contribution is -2.20. The molecule has 27 heavy (non-hydrogen) atoms. The molecule has 1 aromatic heterocycles. The Balaban J connectivity index is 1.55. The summed E-state index contributed by atoms with van der Waals surface area (Å²) in [5.41, 5.74) is 2.26. The second-order valence-corrected chi connectivity index (χ2v) is 7.97. The van der Waals surface area contributed by atoms with E-state index in [9.17, 15) is 14.4 Å². The first-order valence-corrected chi connectivity index (χ1v) is 9.97. The number of nitrogens with one attached hydrogen (secondary N) is 1. The Morgan fingerprint density at radius 2 is 2.07 bits per heavy atom. The van der Waals surface area contributed by atoms with Crippen LogP contribution in [0.4, 0.5) is 5.69 Å². The predicted octanol–water partition coefficient (Wildman–Crippen LogP) is 4.26. The molecule has 0 radical (unpaired) electrons. The van der Waals surface area contributed by atoms with Crippen molar-refractivity contribution < 1.29 is 19.1 Å². The van der Waals surface area contributed by atoms with E-state index in [2.05, 4.69) is 12.2 Å². The summed E-state index contributed by atoms with van der Waals surface area (Å²) in [6.45, 7) is 3.30. The average Bonchev–Trinajstić information content (AvgIpc) is 3.09. The molecule has 142 valence electrons. The van der Waals surface area contributed by atoms with Gasteiger partial charge in [-0.3, -0.25) is 9.59 Å². The van der Waals surface area contributed by atoms with Crippen molar-refractivity contribution in [1.82, 2.24) is 0 Å². The summed E-state index contributed by atoms with van der Waals surface area (Å²) in [7, 11) is 0. The average molecular weight is 385 g/mol. The molecular formula is C21H23NO4S. The molecule has 0 spiro atoms. The zero-order valence-electron chi connectivity index (χ0n) is 15.5. The highest BCUT2D eigenvalue weighted by Crippen LogP contribution is 2.33. The van der Waals surface area contributed by atoms with Crippen LogP contribution in [-0.4, -0.2) is 24.3 Å². The number of amides is 1. The van der Waals surface area contributed by atoms with Crippen molar-refractivity contribution in [2.45, 2.75) is 39.5 Å². The molecule has 6 heteroatoms. The van der Waals surface area contributed by atoms with Crippen molar-refractivity contribution in [1.29, 1.82) is 0 Å². The normalized spacial score (nSPS) is 15.7. The van der Waals surface area contributed by atoms with Crippen LogP contribution in [0.25, 0.3) is 0 Å². The van der Waals surface area contributed by atoms with E-state index in [1.54, 1.807) is 24.3 Å². The van der Waals surface area contributed by atoms with E-state index in [4.69, 9.17) is 4.74 Å². The molecule has 0 unspecified atom stereocenters. The Labute approximate surface area is 162 Å². The number of rotatable bonds is 6. The lowest BCUT2D eigenvalue weighted by molar-refractivity contribution is -0.119. The second kappa shape index (κ2) is 8.48. The maximum Gasteiger partial charge on any atom is 0.348 e. The van der Waals surface area contributed by atoms with Gasteiger partial charge in [0.2, 0.25) is 0 Å². The topological polar surface area (TPSA) is 72.5 Å². The first-order valence-electron chi connectivity index (χ1n) is 9.15. The van der Waals surface area contributed by atoms with E-state index in [-0.39, 0.29) is 12.4 Å². The number of hydrogen-bond donors (Lipinski definition) is 1. The standard InChI is InChI=1S/C21H23NO4S/c1-3-14-7-8-18-16(9-14)11-19(27-18)21(25)26-12-20(24)22-17-6-4-5-15(10-17)13(2)23/h4-6,10-11,14H,3,7-9,12H2,1-2H3,(H,22,24)/t14-/m1/s1. The Hall–Kier alpha value is -2.47. The van der Waals surface area contributed by atoms with E-state index in [0.717, 1.165) is 19.3 Å². The van der Waals surface area contributed by atoms with Crippen molar-refractivity contribution in [3.8, 4) is 0 Å². The molecule has 2 aromatic rings. The van der Waals surface area contributed by atoms with Crippen molar-refractivity contribution in [2.24, 2.45) is 5.92 Å². The van der Waals surface area contributed by atoms with Gasteiger partial charge in [0.05, 0.1) is 0 Å². The minimum absolute atomic E-state index is 0.0792. The van der Waals surface area contributed by atoms with Gasteiger partial charge >= 0.3 is 5.97 Å². The summed E-state index contributed by atoms with van der Waals surface area (Å²) in [5, 5.41) is 2.64. The smallest absolute Gasteiger partial charge is 0.348 e. The molecule has 3 rings (SSSR count). The van der Waals surface area contributed by atoms with Gasteiger partial charge < -0.3 is 10.1 Å². The summed E-state index contributed by atoms with van der Waals surface area (Å²) in [6.07, 6.45) is 4.35. The van der Waals surface area contributed by atoms with Crippen LogP contribution in [-0.2, 0) is 22.4 Å². The lowest BCUT2D eigenvalue weighted by Gasteiger charge is -2.19. The largest absolute Gasteiger partial charge is 0.451 e. The van der Waals surface area contributed by atoms with Crippen LogP contribution < -0.4 is 5.32 Å². The van der Waals surface area contributed by atoms with Crippen LogP contribution in [0, 0.1) is 5.92 Å². The van der Waals surface area contributed by atoms with Crippen LogP contribution in [0.2, 0.25) is 0 Å². The molecule has 1 aromatic carbocycles. The number of anilines is 1. The van der Waals surface area contributed by atoms with Gasteiger partial charge in [-0.15, -0.1) is 11.3 Å². The third-order valence-corrected chi connectivity index (χ3v) is 6.07. The summed E-state index contributed by atoms with van der Waals surface area (Å²) in [5.74, 6) is -0.288. The lowest BCUT2D eigenvalue weighted by atomic mass is 9.87. The number of hydrogen-bond acceptors (Lipinski definition) is 5. The molecule has 0 aliphatic heterocycles. The monoisotopic (exact) mass is 385 g/mol. The number of fused-ring (bicyclic) bond motifs is 1. The van der Waals surface area contributed by atoms with Gasteiger partial charge in [-0.25, -0.2) is 4.79 Å². The van der Waals surface area contributed by atoms with Crippen LogP contribution in [0.1, 0.15) is 57.2 Å². The number of ketones is 1. The zero-order valence-corrected chi connectivity index (χ0v) is 16.4. The summed E-state index contributed by atoms with van der Waals surface area (Å²) in [4.78, 5) is 37.5. The van der Waals surface area contributed by atoms with Crippen LogP contribution >= 0.6 is 11.3 Å². The third-order valence-electron chi connectivity index (χ3n) is 4.85. The van der Waals surface area contributed by atoms with E-state index in [1.807, 2.05) is 6.07 Å². The molecular weight excluding hydrogens is 362 g/mol. The summed E-state index contributed by atoms with van der Waals surface area (Å²) < 4.78 is 5.16. The fourth-order valence-electron chi connectivity index (χ4n) is 3.26. The number of Topliss-reactive ketones (excluding diaryl/α,β-unsaturated/α-hetero) is 1. The van der Waals surface area contributed by atoms with Gasteiger partial charge in [-0.05, 0) is 55.9 Å². The van der Waals surface area contributed by atoms with Gasteiger partial charge in [0, 0.05) is 16.1 Å². The first kappa shape index (κ1) is 19.3. The summed E-state index contributed by atoms with van der Waals surface area (Å²) in [6, 6.07) is 8.57. The molecule has 1 amide bonds. The number of esters is 1. The van der Waals surface area contributed by atoms with Crippen LogP contribution in [0.5, 0.6) is 0 Å². The van der Waals surface area contributed by atoms with Crippen LogP contribution in [0.15, 0.2) is 30.3 Å². The van der Waals surface area contributed by atoms with Gasteiger partial charge in [-0.1, -0.05) is 25.5 Å². The Morgan fingerprint density at radius 3 is 2.81 bits per heavy atom. The van der Waals surface area contributed by atoms with Crippen molar-refractivity contribution in [2.75, 3.05) is 11.9 Å². The van der Waals surface area contributed by atoms with E-state index in [0.29, 0.717) is 22.0 Å². The number of thiophene rings is 1. The van der Waals surface area contributed by atoms with Gasteiger partial charge in [0.1, 0.15) is 4.88 Å². The SMILES string of the molecule is CC[C@@H]1CCc2sc(C(=O)OCC(=O)Nc3cccc(C(C)=O)c3)cc2C1. The fourth-order valence-corrected chi connectivity index (χ4v) is 4.37. The third kappa shape index (κ3) is 4.83. The van der Waals surface area contributed by atoms with E-state index < -0.39 is 11.9 Å². The quantitative estimate of drug-likeness (QED) is 0.596. The molecule has 1 atom stereocenters. The van der Waals surface area contributed by atoms with E-state index in [1.165, 1.54) is 35.1 Å². The number of aryl methyl sites for hydroxylation is 1. The van der Waals surface area contributed by atoms with Crippen molar-refractivity contribution >= 4 is 34.7 Å². The van der Waals surface area contributed by atoms with Crippen LogP contribution in [0.3, 0.4) is 0 Å². The van der Waals surface area contributed by atoms with Crippen molar-refractivity contribution in [3.63, 3.8) is 0 Å². The molecule has 0 fully saturated rings. The highest BCUT2D eigenvalue weighted by atomic mass is 32.1. The fraction of sp³-hybridized carbons (Fsp3) is 0.381. The maximum atomic E-state index is 12.3. The molecule has 0 bridgehead atoms. The van der Waals surface area contributed by atoms with E-state index >= 15 is 0 Å².